The minimum Gasteiger partial charge on any atom is -0.396 e. The maximum Gasteiger partial charge on any atom is 0.164 e. The summed E-state index contributed by atoms with van der Waals surface area (Å²) in [6.45, 7) is 0.909. The van der Waals surface area contributed by atoms with Gasteiger partial charge in [-0.05, 0) is 6.07 Å². The number of hydrogen-bond acceptors (Lipinski definition) is 5. The van der Waals surface area contributed by atoms with E-state index in [-0.39, 0.29) is 12.2 Å². The molecule has 1 aromatic carbocycles. The summed E-state index contributed by atoms with van der Waals surface area (Å²) in [5.41, 5.74) is 6.07. The summed E-state index contributed by atoms with van der Waals surface area (Å²) < 4.78 is 37.4. The van der Waals surface area contributed by atoms with Crippen LogP contribution in [0.15, 0.2) is 18.2 Å². The molecule has 0 amide bonds. The van der Waals surface area contributed by atoms with Crippen molar-refractivity contribution in [1.29, 1.82) is 0 Å². The summed E-state index contributed by atoms with van der Waals surface area (Å²) in [4.78, 5) is 1.81. The van der Waals surface area contributed by atoms with E-state index in [1.54, 1.807) is 23.9 Å². The van der Waals surface area contributed by atoms with E-state index in [4.69, 9.17) is 5.73 Å². The van der Waals surface area contributed by atoms with Crippen LogP contribution >= 0.6 is 11.8 Å². The molecule has 1 saturated heterocycles. The molecule has 0 aliphatic carbocycles. The number of benzene rings is 1. The van der Waals surface area contributed by atoms with Crippen LogP contribution in [-0.2, 0) is 16.4 Å². The van der Waals surface area contributed by atoms with Crippen LogP contribution in [0.25, 0.3) is 0 Å². The Bertz CT molecular complexity index is 563. The molecule has 4 nitrogen and oxygen atoms in total. The van der Waals surface area contributed by atoms with Crippen LogP contribution in [0.1, 0.15) is 5.56 Å². The summed E-state index contributed by atoms with van der Waals surface area (Å²) in [5, 5.41) is -0.549. The van der Waals surface area contributed by atoms with Gasteiger partial charge in [-0.3, -0.25) is 4.90 Å². The first-order valence-electron chi connectivity index (χ1n) is 5.93. The minimum atomic E-state index is -3.17. The maximum atomic E-state index is 13.9. The average Bonchev–Trinajstić information content (AvgIpc) is 2.34. The molecule has 19 heavy (non-hydrogen) atoms. The number of nitrogens with zero attached hydrogens (tertiary/aromatic N) is 1. The van der Waals surface area contributed by atoms with E-state index in [9.17, 15) is 12.8 Å². The third-order valence-electron chi connectivity index (χ3n) is 3.17. The second-order valence-electron chi connectivity index (χ2n) is 4.65. The van der Waals surface area contributed by atoms with Crippen molar-refractivity contribution in [3.8, 4) is 0 Å². The van der Waals surface area contributed by atoms with Gasteiger partial charge in [0.15, 0.2) is 15.7 Å². The van der Waals surface area contributed by atoms with E-state index in [2.05, 4.69) is 0 Å². The molecule has 1 aliphatic rings. The molecule has 0 radical (unpaired) electrons. The number of hydrogen-bond donors (Lipinski definition) is 1. The van der Waals surface area contributed by atoms with Gasteiger partial charge < -0.3 is 5.73 Å². The number of halogens is 1. The van der Waals surface area contributed by atoms with Crippen molar-refractivity contribution in [2.75, 3.05) is 30.0 Å². The van der Waals surface area contributed by atoms with Gasteiger partial charge in [-0.15, -0.1) is 0 Å². The molecule has 7 heteroatoms. The van der Waals surface area contributed by atoms with Crippen molar-refractivity contribution < 1.29 is 12.8 Å². The average molecular weight is 304 g/mol. The minimum absolute atomic E-state index is 0.0970. The predicted molar refractivity (Wildman–Crippen MR) is 77.2 cm³/mol. The van der Waals surface area contributed by atoms with E-state index >= 15 is 0 Å². The highest BCUT2D eigenvalue weighted by Gasteiger charge is 2.31. The van der Waals surface area contributed by atoms with Gasteiger partial charge in [-0.25, -0.2) is 12.8 Å². The van der Waals surface area contributed by atoms with Gasteiger partial charge in [-0.2, -0.15) is 11.8 Å². The Balaban J connectivity index is 2.23. The zero-order valence-electron chi connectivity index (χ0n) is 10.7. The molecule has 106 valence electrons. The molecule has 0 saturated carbocycles. The van der Waals surface area contributed by atoms with Crippen LogP contribution in [0.4, 0.5) is 10.1 Å². The van der Waals surface area contributed by atoms with Gasteiger partial charge >= 0.3 is 0 Å². The normalized spacial score (nSPS) is 21.5. The van der Waals surface area contributed by atoms with E-state index in [0.717, 1.165) is 5.75 Å². The third-order valence-corrected chi connectivity index (χ3v) is 5.85. The zero-order chi connectivity index (χ0) is 14.0. The van der Waals surface area contributed by atoms with E-state index in [1.807, 2.05) is 4.90 Å². The molecule has 2 N–H and O–H groups in total. The molecular weight excluding hydrogens is 287 g/mol. The topological polar surface area (TPSA) is 63.4 Å². The van der Waals surface area contributed by atoms with Crippen molar-refractivity contribution in [3.63, 3.8) is 0 Å². The first-order valence-corrected chi connectivity index (χ1v) is 9.04. The molecular formula is C12H17FN2O2S2. The lowest BCUT2D eigenvalue weighted by atomic mass is 10.1. The fraction of sp³-hybridized carbons (Fsp3) is 0.500. The van der Waals surface area contributed by atoms with Crippen molar-refractivity contribution in [2.24, 2.45) is 0 Å². The molecule has 1 atom stereocenters. The number of thioether (sulfide) groups is 1. The summed E-state index contributed by atoms with van der Waals surface area (Å²) in [7, 11) is -3.17. The van der Waals surface area contributed by atoms with Crippen LogP contribution in [0, 0.1) is 5.82 Å². The summed E-state index contributed by atoms with van der Waals surface area (Å²) >= 11 is 1.61. The van der Waals surface area contributed by atoms with Gasteiger partial charge in [-0.1, -0.05) is 12.1 Å². The lowest BCUT2D eigenvalue weighted by Crippen LogP contribution is -2.46. The second kappa shape index (κ2) is 5.68. The number of anilines is 1. The van der Waals surface area contributed by atoms with Gasteiger partial charge in [0.25, 0.3) is 0 Å². The fourth-order valence-electron chi connectivity index (χ4n) is 2.13. The van der Waals surface area contributed by atoms with Crippen LogP contribution in [0.2, 0.25) is 0 Å². The number of rotatable bonds is 3. The molecule has 0 aromatic heterocycles. The quantitative estimate of drug-likeness (QED) is 0.854. The smallest absolute Gasteiger partial charge is 0.164 e. The number of nitrogens with two attached hydrogens (primary N) is 1. The van der Waals surface area contributed by atoms with Crippen molar-refractivity contribution >= 4 is 27.3 Å². The van der Waals surface area contributed by atoms with Crippen molar-refractivity contribution in [3.05, 3.63) is 29.6 Å². The Labute approximate surface area is 117 Å². The first kappa shape index (κ1) is 14.6. The highest BCUT2D eigenvalue weighted by atomic mass is 32.2. The maximum absolute atomic E-state index is 13.9. The Morgan fingerprint density at radius 2 is 2.26 bits per heavy atom. The molecule has 1 aromatic rings. The highest BCUT2D eigenvalue weighted by molar-refractivity contribution is 8.00. The molecule has 2 rings (SSSR count). The second-order valence-corrected chi connectivity index (χ2v) is 8.00. The molecule has 1 aliphatic heterocycles. The number of nitrogen functional groups attached to an aromatic ring is 1. The monoisotopic (exact) mass is 304 g/mol. The predicted octanol–water partition coefficient (Wildman–Crippen LogP) is 1.33. The Morgan fingerprint density at radius 3 is 2.95 bits per heavy atom. The molecule has 1 unspecified atom stereocenters. The highest BCUT2D eigenvalue weighted by Crippen LogP contribution is 2.24. The lowest BCUT2D eigenvalue weighted by molar-refractivity contribution is 0.259. The summed E-state index contributed by atoms with van der Waals surface area (Å²) in [5.74, 6) is 0.937. The van der Waals surface area contributed by atoms with Crippen LogP contribution in [0.3, 0.4) is 0 Å². The lowest BCUT2D eigenvalue weighted by Gasteiger charge is -2.34. The molecule has 1 fully saturated rings. The number of sulfone groups is 1. The van der Waals surface area contributed by atoms with Crippen molar-refractivity contribution in [1.82, 2.24) is 4.90 Å². The largest absolute Gasteiger partial charge is 0.396 e. The Morgan fingerprint density at radius 1 is 1.53 bits per heavy atom. The van der Waals surface area contributed by atoms with Crippen LogP contribution in [-0.4, -0.2) is 43.0 Å². The third kappa shape index (κ3) is 3.40. The molecule has 0 spiro atoms. The summed E-state index contributed by atoms with van der Waals surface area (Å²) in [6, 6.07) is 4.83. The van der Waals surface area contributed by atoms with Gasteiger partial charge in [0.05, 0.1) is 5.69 Å². The van der Waals surface area contributed by atoms with Gasteiger partial charge in [0.1, 0.15) is 5.37 Å². The fourth-order valence-corrected chi connectivity index (χ4v) is 5.07. The van der Waals surface area contributed by atoms with Gasteiger partial charge in [0, 0.05) is 36.4 Å². The van der Waals surface area contributed by atoms with Crippen LogP contribution < -0.4 is 5.73 Å². The standard InChI is InChI=1S/C12H17FN2O2S2/c1-19(16,17)11-8-18-6-5-15(11)7-9-3-2-4-10(14)12(9)13/h2-4,11H,5-8,14H2,1H3. The van der Waals surface area contributed by atoms with E-state index in [0.29, 0.717) is 17.9 Å². The zero-order valence-corrected chi connectivity index (χ0v) is 12.3. The Hall–Kier alpha value is -0.790. The van der Waals surface area contributed by atoms with Crippen LogP contribution in [0.5, 0.6) is 0 Å². The SMILES string of the molecule is CS(=O)(=O)C1CSCCN1Cc1cccc(N)c1F. The van der Waals surface area contributed by atoms with Crippen molar-refractivity contribution in [2.45, 2.75) is 11.9 Å². The Kier molecular flexibility index (Phi) is 4.37. The summed E-state index contributed by atoms with van der Waals surface area (Å²) in [6.07, 6.45) is 1.23. The molecule has 1 heterocycles. The van der Waals surface area contributed by atoms with E-state index in [1.165, 1.54) is 12.3 Å². The van der Waals surface area contributed by atoms with E-state index < -0.39 is 21.0 Å². The first-order chi connectivity index (χ1) is 8.89. The van der Waals surface area contributed by atoms with Gasteiger partial charge in [0.2, 0.25) is 0 Å². The molecule has 0 bridgehead atoms.